The van der Waals surface area contributed by atoms with Crippen molar-refractivity contribution in [2.24, 2.45) is 0 Å². The van der Waals surface area contributed by atoms with Crippen molar-refractivity contribution >= 4 is 9.84 Å². The van der Waals surface area contributed by atoms with Gasteiger partial charge >= 0.3 is 0 Å². The molecule has 1 aliphatic heterocycles. The fourth-order valence-electron chi connectivity index (χ4n) is 4.09. The van der Waals surface area contributed by atoms with E-state index in [0.717, 1.165) is 36.8 Å². The van der Waals surface area contributed by atoms with Crippen molar-refractivity contribution in [3.8, 4) is 5.75 Å². The Labute approximate surface area is 169 Å². The van der Waals surface area contributed by atoms with Crippen molar-refractivity contribution in [1.29, 1.82) is 0 Å². The van der Waals surface area contributed by atoms with Gasteiger partial charge in [-0.2, -0.15) is 0 Å². The Morgan fingerprint density at radius 2 is 1.86 bits per heavy atom. The van der Waals surface area contributed by atoms with Gasteiger partial charge in [-0.05, 0) is 43.0 Å². The molecule has 1 N–H and O–H groups in total. The van der Waals surface area contributed by atoms with Crippen molar-refractivity contribution in [3.63, 3.8) is 0 Å². The second kappa shape index (κ2) is 8.66. The van der Waals surface area contributed by atoms with Crippen molar-refractivity contribution in [1.82, 2.24) is 5.32 Å². The van der Waals surface area contributed by atoms with E-state index in [9.17, 15) is 8.42 Å². The first-order valence-electron chi connectivity index (χ1n) is 10.3. The molecule has 1 heterocycles. The van der Waals surface area contributed by atoms with E-state index >= 15 is 0 Å². The van der Waals surface area contributed by atoms with Crippen LogP contribution in [0, 0.1) is 0 Å². The summed E-state index contributed by atoms with van der Waals surface area (Å²) in [6.07, 6.45) is 3.65. The lowest BCUT2D eigenvalue weighted by Crippen LogP contribution is -2.50. The Hall–Kier alpha value is -1.85. The van der Waals surface area contributed by atoms with Gasteiger partial charge in [0.2, 0.25) is 0 Å². The Balaban J connectivity index is 2.19. The normalized spacial score (nSPS) is 23.6. The molecule has 0 fully saturated rings. The van der Waals surface area contributed by atoms with Gasteiger partial charge in [0.15, 0.2) is 9.84 Å². The molecule has 0 amide bonds. The number of benzene rings is 2. The fraction of sp³-hybridized carbons (Fsp3) is 0.478. The van der Waals surface area contributed by atoms with Crippen LogP contribution in [-0.2, 0) is 9.84 Å². The maximum atomic E-state index is 13.5. The van der Waals surface area contributed by atoms with E-state index in [4.69, 9.17) is 4.74 Å². The van der Waals surface area contributed by atoms with E-state index in [1.54, 1.807) is 6.07 Å². The molecule has 2 atom stereocenters. The number of sulfone groups is 1. The predicted octanol–water partition coefficient (Wildman–Crippen LogP) is 4.89. The minimum absolute atomic E-state index is 0.114. The quantitative estimate of drug-likeness (QED) is 0.718. The van der Waals surface area contributed by atoms with Crippen LogP contribution in [0.1, 0.15) is 63.6 Å². The van der Waals surface area contributed by atoms with Crippen LogP contribution >= 0.6 is 0 Å². The summed E-state index contributed by atoms with van der Waals surface area (Å²) in [4.78, 5) is 0.395. The minimum atomic E-state index is -3.45. The van der Waals surface area contributed by atoms with E-state index in [1.807, 2.05) is 37.3 Å². The second-order valence-electron chi connectivity index (χ2n) is 7.62. The summed E-state index contributed by atoms with van der Waals surface area (Å²) in [5, 5.41) is 3.77. The molecule has 4 nitrogen and oxygen atoms in total. The molecule has 0 aliphatic carbocycles. The van der Waals surface area contributed by atoms with E-state index in [-0.39, 0.29) is 11.8 Å². The smallest absolute Gasteiger partial charge is 0.180 e. The molecule has 0 aromatic heterocycles. The molecule has 0 spiro atoms. The third kappa shape index (κ3) is 4.26. The molecule has 2 aromatic carbocycles. The lowest BCUT2D eigenvalue weighted by Gasteiger charge is -2.35. The van der Waals surface area contributed by atoms with Gasteiger partial charge in [0, 0.05) is 5.54 Å². The summed E-state index contributed by atoms with van der Waals surface area (Å²) in [6.45, 7) is 6.64. The van der Waals surface area contributed by atoms with Crippen molar-refractivity contribution in [3.05, 3.63) is 59.7 Å². The number of nitrogens with one attached hydrogen (secondary N) is 1. The summed E-state index contributed by atoms with van der Waals surface area (Å²) >= 11 is 0. The van der Waals surface area contributed by atoms with Gasteiger partial charge in [-0.25, -0.2) is 8.42 Å². The van der Waals surface area contributed by atoms with Crippen molar-refractivity contribution in [2.75, 3.05) is 12.4 Å². The second-order valence-corrected chi connectivity index (χ2v) is 9.58. The number of fused-ring (bicyclic) bond motifs is 1. The fourth-order valence-corrected chi connectivity index (χ4v) is 6.25. The van der Waals surface area contributed by atoms with Crippen molar-refractivity contribution < 1.29 is 13.2 Å². The van der Waals surface area contributed by atoms with Gasteiger partial charge < -0.3 is 4.74 Å². The zero-order valence-electron chi connectivity index (χ0n) is 17.1. The molecule has 3 rings (SSSR count). The zero-order valence-corrected chi connectivity index (χ0v) is 17.9. The van der Waals surface area contributed by atoms with Gasteiger partial charge in [0.05, 0.1) is 23.3 Å². The Morgan fingerprint density at radius 3 is 2.50 bits per heavy atom. The summed E-state index contributed by atoms with van der Waals surface area (Å²) in [6, 6.07) is 15.5. The number of hydrogen-bond acceptors (Lipinski definition) is 4. The molecule has 0 unspecified atom stereocenters. The number of ether oxygens (including phenoxy) is 1. The Bertz CT molecular complexity index is 895. The molecule has 0 bridgehead atoms. The summed E-state index contributed by atoms with van der Waals surface area (Å²) in [5.74, 6) is 0.719. The summed E-state index contributed by atoms with van der Waals surface area (Å²) in [7, 11) is -3.45. The molecule has 0 radical (unpaired) electrons. The first-order chi connectivity index (χ1) is 13.4. The van der Waals surface area contributed by atoms with E-state index < -0.39 is 15.4 Å². The minimum Gasteiger partial charge on any atom is -0.494 e. The average Bonchev–Trinajstić information content (AvgIpc) is 2.80. The van der Waals surface area contributed by atoms with Crippen LogP contribution in [0.25, 0.3) is 0 Å². The highest BCUT2D eigenvalue weighted by molar-refractivity contribution is 7.91. The highest BCUT2D eigenvalue weighted by Gasteiger charge is 2.41. The topological polar surface area (TPSA) is 55.4 Å². The highest BCUT2D eigenvalue weighted by atomic mass is 32.2. The number of hydrogen-bond donors (Lipinski definition) is 1. The molecule has 5 heteroatoms. The van der Waals surface area contributed by atoms with Crippen LogP contribution in [0.5, 0.6) is 5.75 Å². The number of rotatable bonds is 7. The molecule has 0 saturated carbocycles. The molecule has 152 valence electrons. The largest absolute Gasteiger partial charge is 0.494 e. The maximum Gasteiger partial charge on any atom is 0.180 e. The Kier molecular flexibility index (Phi) is 6.46. The molecular weight excluding hydrogens is 370 g/mol. The van der Waals surface area contributed by atoms with Gasteiger partial charge in [-0.1, -0.05) is 63.1 Å². The van der Waals surface area contributed by atoms with Crippen molar-refractivity contribution in [2.45, 2.75) is 62.9 Å². The third-order valence-corrected chi connectivity index (χ3v) is 7.63. The zero-order chi connectivity index (χ0) is 20.2. The van der Waals surface area contributed by atoms with Crippen LogP contribution in [-0.4, -0.2) is 26.3 Å². The molecule has 0 saturated heterocycles. The Morgan fingerprint density at radius 1 is 1.11 bits per heavy atom. The molecule has 28 heavy (non-hydrogen) atoms. The predicted molar refractivity (Wildman–Crippen MR) is 114 cm³/mol. The third-order valence-electron chi connectivity index (χ3n) is 5.68. The standard InChI is InChI=1S/C23H31NO3S/c1-4-7-15-23(5-2)17-28(25,26)21-16-19(27-6-3)13-14-20(21)22(24-23)18-11-9-8-10-12-18/h8-14,16,22,24H,4-7,15,17H2,1-3H3/t22-,23+/m0/s1. The van der Waals surface area contributed by atoms with Gasteiger partial charge in [-0.3, -0.25) is 5.32 Å². The SMILES string of the molecule is CCCC[C@]1(CC)CS(=O)(=O)c2cc(OCC)ccc2[C@H](c2ccccc2)N1. The average molecular weight is 402 g/mol. The highest BCUT2D eigenvalue weighted by Crippen LogP contribution is 2.39. The number of unbranched alkanes of at least 4 members (excludes halogenated alkanes) is 1. The van der Waals surface area contributed by atoms with Crippen LogP contribution < -0.4 is 10.1 Å². The maximum absolute atomic E-state index is 13.5. The van der Waals surface area contributed by atoms with E-state index in [2.05, 4.69) is 31.3 Å². The van der Waals surface area contributed by atoms with Crippen LogP contribution in [0.15, 0.2) is 53.4 Å². The van der Waals surface area contributed by atoms with Gasteiger partial charge in [0.1, 0.15) is 5.75 Å². The van der Waals surface area contributed by atoms with E-state index in [1.165, 1.54) is 0 Å². The lowest BCUT2D eigenvalue weighted by atomic mass is 9.88. The first kappa shape index (κ1) is 20.9. The molecule has 2 aromatic rings. The summed E-state index contributed by atoms with van der Waals surface area (Å²) in [5.41, 5.74) is 1.45. The van der Waals surface area contributed by atoms with Gasteiger partial charge in [0.25, 0.3) is 0 Å². The van der Waals surface area contributed by atoms with Crippen LogP contribution in [0.2, 0.25) is 0 Å². The first-order valence-corrected chi connectivity index (χ1v) is 11.9. The molecular formula is C23H31NO3S. The van der Waals surface area contributed by atoms with E-state index in [0.29, 0.717) is 17.3 Å². The summed E-state index contributed by atoms with van der Waals surface area (Å²) < 4.78 is 32.5. The molecule has 1 aliphatic rings. The monoisotopic (exact) mass is 401 g/mol. The lowest BCUT2D eigenvalue weighted by molar-refractivity contribution is 0.294. The van der Waals surface area contributed by atoms with Crippen LogP contribution in [0.3, 0.4) is 0 Å². The van der Waals surface area contributed by atoms with Gasteiger partial charge in [-0.15, -0.1) is 0 Å². The van der Waals surface area contributed by atoms with Crippen LogP contribution in [0.4, 0.5) is 0 Å².